The summed E-state index contributed by atoms with van der Waals surface area (Å²) < 4.78 is 2.17. The van der Waals surface area contributed by atoms with E-state index in [1.165, 1.54) is 154 Å². The van der Waals surface area contributed by atoms with E-state index in [1.54, 1.807) is 0 Å². The molecule has 0 amide bonds. The van der Waals surface area contributed by atoms with Crippen LogP contribution in [0.15, 0.2) is 54.8 Å². The summed E-state index contributed by atoms with van der Waals surface area (Å²) in [6.45, 7) is 5.27. The van der Waals surface area contributed by atoms with Crippen molar-refractivity contribution < 1.29 is 0 Å². The van der Waals surface area contributed by atoms with E-state index in [4.69, 9.17) is 0 Å². The predicted molar refractivity (Wildman–Crippen MR) is 208 cm³/mol. The fourth-order valence-corrected chi connectivity index (χ4v) is 5.96. The summed E-state index contributed by atoms with van der Waals surface area (Å²) in [5, 5.41) is 11.0. The van der Waals surface area contributed by atoms with Crippen molar-refractivity contribution in [2.45, 2.75) is 193 Å². The van der Waals surface area contributed by atoms with Gasteiger partial charge in [0.2, 0.25) is 0 Å². The molecule has 0 unspecified atom stereocenters. The van der Waals surface area contributed by atoms with Gasteiger partial charge in [0, 0.05) is 14.1 Å². The molecule has 0 aliphatic carbocycles. The molecule has 5 heteroatoms. The van der Waals surface area contributed by atoms with Gasteiger partial charge in [0.1, 0.15) is 0 Å². The summed E-state index contributed by atoms with van der Waals surface area (Å²) in [6.07, 6.45) is 54.7. The highest BCUT2D eigenvalue weighted by Crippen LogP contribution is 2.23. The summed E-state index contributed by atoms with van der Waals surface area (Å²) >= 11 is 0. The molecular formula is C42H77N5. The number of hydrogen-bond donors (Lipinski definition) is 1. The zero-order valence-electron chi connectivity index (χ0n) is 31.7. The molecule has 0 saturated carbocycles. The number of unbranched alkanes of at least 4 members (excludes halogenated alkanes) is 18. The molecule has 1 heterocycles. The molecule has 0 aromatic carbocycles. The SMILES string of the molecule is CCCCC/C=C\C/C=C\CCCCCCCCC(CCCCCCCC/C=C\C/C=C\CCCCC)n1cc(CNN(C)C)nn1. The fourth-order valence-electron chi connectivity index (χ4n) is 5.96. The molecule has 1 aromatic rings. The van der Waals surface area contributed by atoms with E-state index in [9.17, 15) is 0 Å². The molecule has 270 valence electrons. The van der Waals surface area contributed by atoms with Gasteiger partial charge < -0.3 is 0 Å². The average molecular weight is 652 g/mol. The number of hydrogen-bond acceptors (Lipinski definition) is 4. The molecule has 0 aliphatic heterocycles. The van der Waals surface area contributed by atoms with Gasteiger partial charge in [0.25, 0.3) is 0 Å². The van der Waals surface area contributed by atoms with Gasteiger partial charge in [-0.3, -0.25) is 5.01 Å². The summed E-state index contributed by atoms with van der Waals surface area (Å²) in [6, 6.07) is 0.479. The van der Waals surface area contributed by atoms with Crippen LogP contribution in [0.4, 0.5) is 0 Å². The molecule has 0 bridgehead atoms. The van der Waals surface area contributed by atoms with E-state index in [0.717, 1.165) is 25.1 Å². The van der Waals surface area contributed by atoms with Gasteiger partial charge in [-0.1, -0.05) is 158 Å². The Morgan fingerprint density at radius 2 is 0.979 bits per heavy atom. The minimum absolute atomic E-state index is 0.479. The molecule has 5 nitrogen and oxygen atoms in total. The average Bonchev–Trinajstić information content (AvgIpc) is 3.55. The first-order valence-corrected chi connectivity index (χ1v) is 20.1. The summed E-state index contributed by atoms with van der Waals surface area (Å²) in [7, 11) is 4.04. The van der Waals surface area contributed by atoms with Crippen molar-refractivity contribution in [2.24, 2.45) is 0 Å². The highest BCUT2D eigenvalue weighted by molar-refractivity contribution is 4.94. The van der Waals surface area contributed by atoms with Gasteiger partial charge in [-0.25, -0.2) is 10.1 Å². The van der Waals surface area contributed by atoms with Crippen LogP contribution >= 0.6 is 0 Å². The van der Waals surface area contributed by atoms with Crippen LogP contribution in [0.2, 0.25) is 0 Å². The van der Waals surface area contributed by atoms with Crippen LogP contribution in [0, 0.1) is 0 Å². The van der Waals surface area contributed by atoms with E-state index in [1.807, 2.05) is 19.1 Å². The lowest BCUT2D eigenvalue weighted by Crippen LogP contribution is -2.29. The predicted octanol–water partition coefficient (Wildman–Crippen LogP) is 12.8. The Morgan fingerprint density at radius 1 is 0.574 bits per heavy atom. The molecule has 0 fully saturated rings. The van der Waals surface area contributed by atoms with Gasteiger partial charge in [-0.05, 0) is 77.0 Å². The van der Waals surface area contributed by atoms with Crippen LogP contribution in [-0.2, 0) is 6.54 Å². The molecule has 47 heavy (non-hydrogen) atoms. The minimum Gasteiger partial charge on any atom is -0.250 e. The third kappa shape index (κ3) is 28.7. The molecule has 0 radical (unpaired) electrons. The third-order valence-electron chi connectivity index (χ3n) is 8.98. The van der Waals surface area contributed by atoms with Crippen molar-refractivity contribution in [2.75, 3.05) is 14.1 Å². The Morgan fingerprint density at radius 3 is 1.40 bits per heavy atom. The number of nitrogens with one attached hydrogen (secondary N) is 1. The van der Waals surface area contributed by atoms with Gasteiger partial charge in [-0.2, -0.15) is 0 Å². The number of aromatic nitrogens is 3. The first-order valence-electron chi connectivity index (χ1n) is 20.1. The van der Waals surface area contributed by atoms with Crippen molar-refractivity contribution in [1.82, 2.24) is 25.4 Å². The fraction of sp³-hybridized carbons (Fsp3) is 0.762. The van der Waals surface area contributed by atoms with E-state index in [-0.39, 0.29) is 0 Å². The smallest absolute Gasteiger partial charge is 0.0979 e. The number of rotatable bonds is 34. The van der Waals surface area contributed by atoms with Gasteiger partial charge in [-0.15, -0.1) is 5.10 Å². The largest absolute Gasteiger partial charge is 0.250 e. The lowest BCUT2D eigenvalue weighted by Gasteiger charge is -2.17. The van der Waals surface area contributed by atoms with E-state index < -0.39 is 0 Å². The molecular weight excluding hydrogens is 574 g/mol. The molecule has 0 saturated heterocycles. The number of allylic oxidation sites excluding steroid dienone is 8. The Balaban J connectivity index is 2.21. The zero-order valence-corrected chi connectivity index (χ0v) is 31.7. The van der Waals surface area contributed by atoms with Crippen LogP contribution in [0.25, 0.3) is 0 Å². The summed E-state index contributed by atoms with van der Waals surface area (Å²) in [5.41, 5.74) is 4.35. The first-order chi connectivity index (χ1) is 23.2. The minimum atomic E-state index is 0.479. The Hall–Kier alpha value is -1.98. The van der Waals surface area contributed by atoms with E-state index in [0.29, 0.717) is 6.04 Å². The highest BCUT2D eigenvalue weighted by Gasteiger charge is 2.13. The summed E-state index contributed by atoms with van der Waals surface area (Å²) in [5.74, 6) is 0. The Labute approximate surface area is 292 Å². The standard InChI is InChI=1S/C42H77N5/c1-5-7-9-11-13-15-17-19-21-23-25-27-29-31-33-35-37-42(47-40-41(44-45-47)39-43-46(3)4)38-36-34-32-30-28-26-24-22-20-18-16-14-12-10-8-6-2/h13-16,19-22,40,42-43H,5-12,17-18,23-39H2,1-4H3/b15-13-,16-14-,21-19-,22-20-. The third-order valence-corrected chi connectivity index (χ3v) is 8.98. The molecule has 0 spiro atoms. The Bertz CT molecular complexity index is 849. The molecule has 0 atom stereocenters. The van der Waals surface area contributed by atoms with Gasteiger partial charge >= 0.3 is 0 Å². The van der Waals surface area contributed by atoms with Crippen molar-refractivity contribution >= 4 is 0 Å². The Kier molecular flexibility index (Phi) is 31.0. The van der Waals surface area contributed by atoms with Crippen molar-refractivity contribution in [3.05, 3.63) is 60.5 Å². The van der Waals surface area contributed by atoms with Crippen LogP contribution in [-0.4, -0.2) is 34.1 Å². The molecule has 1 N–H and O–H groups in total. The van der Waals surface area contributed by atoms with Gasteiger partial charge in [0.05, 0.1) is 24.5 Å². The zero-order chi connectivity index (χ0) is 33.9. The maximum atomic E-state index is 4.57. The van der Waals surface area contributed by atoms with E-state index in [2.05, 4.69) is 89.1 Å². The number of nitrogens with zero attached hydrogens (tertiary/aromatic N) is 4. The molecule has 1 aromatic heterocycles. The monoisotopic (exact) mass is 652 g/mol. The second-order valence-electron chi connectivity index (χ2n) is 13.8. The van der Waals surface area contributed by atoms with Gasteiger partial charge in [0.15, 0.2) is 0 Å². The second kappa shape index (κ2) is 33.9. The second-order valence-corrected chi connectivity index (χ2v) is 13.8. The normalized spacial score (nSPS) is 12.6. The van der Waals surface area contributed by atoms with Crippen molar-refractivity contribution in [3.8, 4) is 0 Å². The first kappa shape index (κ1) is 43.0. The van der Waals surface area contributed by atoms with Crippen LogP contribution in [0.3, 0.4) is 0 Å². The quantitative estimate of drug-likeness (QED) is 0.0457. The number of hydrazine groups is 1. The van der Waals surface area contributed by atoms with E-state index >= 15 is 0 Å². The van der Waals surface area contributed by atoms with Crippen LogP contribution < -0.4 is 5.43 Å². The van der Waals surface area contributed by atoms with Crippen molar-refractivity contribution in [1.29, 1.82) is 0 Å². The van der Waals surface area contributed by atoms with Crippen molar-refractivity contribution in [3.63, 3.8) is 0 Å². The molecule has 0 aliphatic rings. The lowest BCUT2D eigenvalue weighted by atomic mass is 10.00. The topological polar surface area (TPSA) is 46.0 Å². The lowest BCUT2D eigenvalue weighted by molar-refractivity contribution is 0.284. The molecule has 1 rings (SSSR count). The summed E-state index contributed by atoms with van der Waals surface area (Å²) in [4.78, 5) is 0. The highest BCUT2D eigenvalue weighted by atomic mass is 15.5. The maximum absolute atomic E-state index is 4.57. The van der Waals surface area contributed by atoms with Crippen LogP contribution in [0.1, 0.15) is 193 Å². The maximum Gasteiger partial charge on any atom is 0.0979 e. The van der Waals surface area contributed by atoms with Crippen LogP contribution in [0.5, 0.6) is 0 Å².